The predicted molar refractivity (Wildman–Crippen MR) is 115 cm³/mol. The third kappa shape index (κ3) is 4.81. The van der Waals surface area contributed by atoms with Crippen molar-refractivity contribution in [1.82, 2.24) is 14.7 Å². The summed E-state index contributed by atoms with van der Waals surface area (Å²) in [5.74, 6) is 1.41. The number of aliphatic hydroxyl groups excluding tert-OH is 1. The van der Waals surface area contributed by atoms with Gasteiger partial charge in [-0.1, -0.05) is 29.8 Å². The Balaban J connectivity index is 1.73. The lowest BCUT2D eigenvalue weighted by Crippen LogP contribution is -2.32. The molecule has 5 nitrogen and oxygen atoms in total. The zero-order valence-corrected chi connectivity index (χ0v) is 17.5. The van der Waals surface area contributed by atoms with Crippen LogP contribution in [0.15, 0.2) is 54.6 Å². The molecule has 1 heterocycles. The number of aliphatic hydroxyl groups is 1. The second-order valence-corrected chi connectivity index (χ2v) is 8.12. The SMILES string of the molecule is Cc1nn(-c2ccccc2)c(Oc2ccc(Cl)cc2)c1CN(C[C@H](C)O)C1CC1. The molecule has 0 saturated heterocycles. The first-order valence-electron chi connectivity index (χ1n) is 10.0. The van der Waals surface area contributed by atoms with Crippen LogP contribution < -0.4 is 4.74 Å². The van der Waals surface area contributed by atoms with Crippen LogP contribution in [0.4, 0.5) is 0 Å². The van der Waals surface area contributed by atoms with Crippen LogP contribution in [0.25, 0.3) is 5.69 Å². The van der Waals surface area contributed by atoms with Crippen molar-refractivity contribution in [2.75, 3.05) is 6.54 Å². The van der Waals surface area contributed by atoms with E-state index in [1.54, 1.807) is 0 Å². The average Bonchev–Trinajstić information content (AvgIpc) is 3.51. The molecule has 0 aliphatic heterocycles. The fourth-order valence-electron chi connectivity index (χ4n) is 3.51. The van der Waals surface area contributed by atoms with Gasteiger partial charge in [0.2, 0.25) is 5.88 Å². The maximum atomic E-state index is 9.95. The lowest BCUT2D eigenvalue weighted by Gasteiger charge is -2.24. The quantitative estimate of drug-likeness (QED) is 0.568. The normalized spacial score (nSPS) is 14.9. The Kier molecular flexibility index (Phi) is 5.90. The second kappa shape index (κ2) is 8.57. The zero-order valence-electron chi connectivity index (χ0n) is 16.8. The van der Waals surface area contributed by atoms with Crippen molar-refractivity contribution in [2.45, 2.75) is 45.4 Å². The number of benzene rings is 2. The molecule has 1 aliphatic carbocycles. The van der Waals surface area contributed by atoms with Crippen molar-refractivity contribution >= 4 is 11.6 Å². The van der Waals surface area contributed by atoms with Gasteiger partial charge in [0.1, 0.15) is 5.75 Å². The van der Waals surface area contributed by atoms with Gasteiger partial charge in [-0.2, -0.15) is 5.10 Å². The van der Waals surface area contributed by atoms with Gasteiger partial charge < -0.3 is 9.84 Å². The van der Waals surface area contributed by atoms with Crippen LogP contribution in [0.3, 0.4) is 0 Å². The first-order chi connectivity index (χ1) is 14.0. The number of hydrogen-bond donors (Lipinski definition) is 1. The maximum Gasteiger partial charge on any atom is 0.227 e. The summed E-state index contributed by atoms with van der Waals surface area (Å²) in [6, 6.07) is 17.9. The van der Waals surface area contributed by atoms with E-state index in [-0.39, 0.29) is 6.10 Å². The van der Waals surface area contributed by atoms with E-state index in [2.05, 4.69) is 4.90 Å². The molecule has 0 spiro atoms. The molecule has 4 rings (SSSR count). The number of aryl methyl sites for hydroxylation is 1. The van der Waals surface area contributed by atoms with Crippen molar-refractivity contribution in [2.24, 2.45) is 0 Å². The lowest BCUT2D eigenvalue weighted by molar-refractivity contribution is 0.117. The Labute approximate surface area is 176 Å². The molecule has 0 unspecified atom stereocenters. The highest BCUT2D eigenvalue weighted by atomic mass is 35.5. The maximum absolute atomic E-state index is 9.95. The summed E-state index contributed by atoms with van der Waals surface area (Å²) in [7, 11) is 0. The number of hydrogen-bond acceptors (Lipinski definition) is 4. The molecule has 0 radical (unpaired) electrons. The van der Waals surface area contributed by atoms with E-state index in [4.69, 9.17) is 21.4 Å². The van der Waals surface area contributed by atoms with Gasteiger partial charge in [-0.15, -0.1) is 0 Å². The molecule has 29 heavy (non-hydrogen) atoms. The number of aromatic nitrogens is 2. The van der Waals surface area contributed by atoms with Crippen LogP contribution in [0.2, 0.25) is 5.02 Å². The first-order valence-corrected chi connectivity index (χ1v) is 10.4. The van der Waals surface area contributed by atoms with Crippen molar-refractivity contribution in [1.29, 1.82) is 0 Å². The smallest absolute Gasteiger partial charge is 0.227 e. The summed E-state index contributed by atoms with van der Waals surface area (Å²) < 4.78 is 8.18. The van der Waals surface area contributed by atoms with Gasteiger partial charge >= 0.3 is 0 Å². The molecule has 1 aromatic heterocycles. The van der Waals surface area contributed by atoms with E-state index in [9.17, 15) is 5.11 Å². The highest BCUT2D eigenvalue weighted by Crippen LogP contribution is 2.35. The topological polar surface area (TPSA) is 50.5 Å². The summed E-state index contributed by atoms with van der Waals surface area (Å²) >= 11 is 6.03. The summed E-state index contributed by atoms with van der Waals surface area (Å²) in [5.41, 5.74) is 2.91. The van der Waals surface area contributed by atoms with Crippen molar-refractivity contribution in [3.8, 4) is 17.3 Å². The molecule has 0 amide bonds. The van der Waals surface area contributed by atoms with Gasteiger partial charge in [0.05, 0.1) is 23.0 Å². The number of nitrogens with zero attached hydrogens (tertiary/aromatic N) is 3. The molecule has 3 aromatic rings. The van der Waals surface area contributed by atoms with Gasteiger partial charge in [-0.05, 0) is 63.1 Å². The number of rotatable bonds is 8. The molecular weight excluding hydrogens is 386 g/mol. The third-order valence-corrected chi connectivity index (χ3v) is 5.34. The zero-order chi connectivity index (χ0) is 20.4. The first kappa shape index (κ1) is 20.0. The van der Waals surface area contributed by atoms with E-state index in [0.717, 1.165) is 16.9 Å². The van der Waals surface area contributed by atoms with Gasteiger partial charge in [-0.25, -0.2) is 4.68 Å². The number of ether oxygens (including phenoxy) is 1. The van der Waals surface area contributed by atoms with Crippen LogP contribution in [0.1, 0.15) is 31.0 Å². The molecule has 0 bridgehead atoms. The summed E-state index contributed by atoms with van der Waals surface area (Å²) in [4.78, 5) is 2.33. The minimum absolute atomic E-state index is 0.374. The third-order valence-electron chi connectivity index (χ3n) is 5.09. The molecule has 6 heteroatoms. The van der Waals surface area contributed by atoms with Crippen molar-refractivity contribution < 1.29 is 9.84 Å². The van der Waals surface area contributed by atoms with E-state index < -0.39 is 0 Å². The van der Waals surface area contributed by atoms with Crippen molar-refractivity contribution in [3.05, 3.63) is 70.9 Å². The summed E-state index contributed by atoms with van der Waals surface area (Å²) in [6.45, 7) is 5.18. The fourth-order valence-corrected chi connectivity index (χ4v) is 3.63. The fraction of sp³-hybridized carbons (Fsp3) is 0.348. The van der Waals surface area contributed by atoms with Gasteiger partial charge in [0, 0.05) is 24.2 Å². The van der Waals surface area contributed by atoms with E-state index in [1.165, 1.54) is 12.8 Å². The van der Waals surface area contributed by atoms with Crippen LogP contribution in [-0.4, -0.2) is 38.5 Å². The van der Waals surface area contributed by atoms with Crippen LogP contribution in [0.5, 0.6) is 11.6 Å². The molecule has 152 valence electrons. The van der Waals surface area contributed by atoms with E-state index in [1.807, 2.05) is 73.1 Å². The molecular formula is C23H26ClN3O2. The number of para-hydroxylation sites is 1. The van der Waals surface area contributed by atoms with Gasteiger partial charge in [0.15, 0.2) is 0 Å². The van der Waals surface area contributed by atoms with E-state index in [0.29, 0.717) is 35.8 Å². The largest absolute Gasteiger partial charge is 0.439 e. The minimum atomic E-state index is -0.374. The van der Waals surface area contributed by atoms with Gasteiger partial charge in [0.25, 0.3) is 0 Å². The molecule has 1 atom stereocenters. The minimum Gasteiger partial charge on any atom is -0.439 e. The second-order valence-electron chi connectivity index (χ2n) is 7.68. The lowest BCUT2D eigenvalue weighted by atomic mass is 10.2. The average molecular weight is 412 g/mol. The van der Waals surface area contributed by atoms with Crippen LogP contribution in [-0.2, 0) is 6.54 Å². The Morgan fingerprint density at radius 2 is 1.86 bits per heavy atom. The molecule has 2 aromatic carbocycles. The molecule has 1 saturated carbocycles. The summed E-state index contributed by atoms with van der Waals surface area (Å²) in [6.07, 6.45) is 1.97. The van der Waals surface area contributed by atoms with Crippen LogP contribution >= 0.6 is 11.6 Å². The number of halogens is 1. The van der Waals surface area contributed by atoms with Crippen LogP contribution in [0, 0.1) is 6.92 Å². The molecule has 1 fully saturated rings. The Morgan fingerprint density at radius 3 is 2.48 bits per heavy atom. The summed E-state index contributed by atoms with van der Waals surface area (Å²) in [5, 5.41) is 15.4. The molecule has 1 N–H and O–H groups in total. The van der Waals surface area contributed by atoms with Crippen molar-refractivity contribution in [3.63, 3.8) is 0 Å². The standard InChI is InChI=1S/C23H26ClN3O2/c1-16(28)14-26(19-10-11-19)15-22-17(2)25-27(20-6-4-3-5-7-20)23(22)29-21-12-8-18(24)9-13-21/h3-9,12-13,16,19,28H,10-11,14-15H2,1-2H3/t16-/m0/s1. The van der Waals surface area contributed by atoms with Gasteiger partial charge in [-0.3, -0.25) is 4.90 Å². The van der Waals surface area contributed by atoms with E-state index >= 15 is 0 Å². The Hall–Kier alpha value is -2.34. The Morgan fingerprint density at radius 1 is 1.17 bits per heavy atom. The highest BCUT2D eigenvalue weighted by molar-refractivity contribution is 6.30. The Bertz CT molecular complexity index is 950. The highest BCUT2D eigenvalue weighted by Gasteiger charge is 2.32. The molecule has 1 aliphatic rings. The monoisotopic (exact) mass is 411 g/mol. The predicted octanol–water partition coefficient (Wildman–Crippen LogP) is 4.97.